The highest BCUT2D eigenvalue weighted by Gasteiger charge is 2.14. The standard InChI is InChI=1S/C21H20ClN3O2/c1-3-25(4-2)21(27)14-9-11-15(12-10-14)23-20(26)17-13-19(22)24-18-8-6-5-7-16(17)18/h5-13H,3-4H2,1-2H3,(H,23,26). The quantitative estimate of drug-likeness (QED) is 0.656. The van der Waals surface area contributed by atoms with E-state index in [1.54, 1.807) is 35.2 Å². The first-order valence-electron chi connectivity index (χ1n) is 8.79. The summed E-state index contributed by atoms with van der Waals surface area (Å²) in [7, 11) is 0. The molecule has 0 spiro atoms. The molecule has 0 unspecified atom stereocenters. The van der Waals surface area contributed by atoms with E-state index in [0.717, 1.165) is 5.39 Å². The molecular formula is C21H20ClN3O2. The number of hydrogen-bond acceptors (Lipinski definition) is 3. The number of carbonyl (C=O) groups excluding carboxylic acids is 2. The molecule has 0 atom stereocenters. The number of hydrogen-bond donors (Lipinski definition) is 1. The summed E-state index contributed by atoms with van der Waals surface area (Å²) in [5.74, 6) is -0.303. The minimum atomic E-state index is -0.279. The first-order valence-corrected chi connectivity index (χ1v) is 9.17. The summed E-state index contributed by atoms with van der Waals surface area (Å²) in [5, 5.41) is 3.84. The Morgan fingerprint density at radius 2 is 1.70 bits per heavy atom. The molecule has 27 heavy (non-hydrogen) atoms. The molecule has 0 bridgehead atoms. The summed E-state index contributed by atoms with van der Waals surface area (Å²) >= 11 is 6.05. The zero-order chi connectivity index (χ0) is 19.4. The molecule has 0 radical (unpaired) electrons. The lowest BCUT2D eigenvalue weighted by atomic mass is 10.1. The Morgan fingerprint density at radius 1 is 1.04 bits per heavy atom. The van der Waals surface area contributed by atoms with Crippen molar-refractivity contribution in [3.8, 4) is 0 Å². The molecule has 0 aliphatic rings. The topological polar surface area (TPSA) is 62.3 Å². The van der Waals surface area contributed by atoms with Gasteiger partial charge >= 0.3 is 0 Å². The molecule has 5 nitrogen and oxygen atoms in total. The molecule has 2 amide bonds. The predicted octanol–water partition coefficient (Wildman–Crippen LogP) is 4.62. The second kappa shape index (κ2) is 8.18. The van der Waals surface area contributed by atoms with Crippen molar-refractivity contribution in [2.24, 2.45) is 0 Å². The Hall–Kier alpha value is -2.92. The Kier molecular flexibility index (Phi) is 5.72. The fraction of sp³-hybridized carbons (Fsp3) is 0.190. The first kappa shape index (κ1) is 18.9. The molecule has 3 rings (SSSR count). The van der Waals surface area contributed by atoms with Crippen LogP contribution in [0.25, 0.3) is 10.9 Å². The fourth-order valence-corrected chi connectivity index (χ4v) is 3.12. The number of nitrogens with zero attached hydrogens (tertiary/aromatic N) is 2. The number of amides is 2. The Bertz CT molecular complexity index is 982. The fourth-order valence-electron chi connectivity index (χ4n) is 2.92. The average molecular weight is 382 g/mol. The summed E-state index contributed by atoms with van der Waals surface area (Å²) in [6.07, 6.45) is 0. The van der Waals surface area contributed by atoms with E-state index in [9.17, 15) is 9.59 Å². The lowest BCUT2D eigenvalue weighted by Crippen LogP contribution is -2.30. The van der Waals surface area contributed by atoms with E-state index in [2.05, 4.69) is 10.3 Å². The number of pyridine rings is 1. The second-order valence-corrected chi connectivity index (χ2v) is 6.41. The number of halogens is 1. The van der Waals surface area contributed by atoms with E-state index in [4.69, 9.17) is 11.6 Å². The van der Waals surface area contributed by atoms with Crippen LogP contribution >= 0.6 is 11.6 Å². The molecule has 6 heteroatoms. The third-order valence-electron chi connectivity index (χ3n) is 4.37. The van der Waals surface area contributed by atoms with Gasteiger partial charge < -0.3 is 10.2 Å². The first-order chi connectivity index (χ1) is 13.0. The van der Waals surface area contributed by atoms with E-state index in [1.165, 1.54) is 0 Å². The number of fused-ring (bicyclic) bond motifs is 1. The van der Waals surface area contributed by atoms with E-state index in [0.29, 0.717) is 35.4 Å². The molecular weight excluding hydrogens is 362 g/mol. The van der Waals surface area contributed by atoms with Crippen molar-refractivity contribution in [3.63, 3.8) is 0 Å². The zero-order valence-corrected chi connectivity index (χ0v) is 16.0. The zero-order valence-electron chi connectivity index (χ0n) is 15.2. The maximum absolute atomic E-state index is 12.7. The number of rotatable bonds is 5. The molecule has 0 saturated carbocycles. The van der Waals surface area contributed by atoms with Crippen LogP contribution in [0.5, 0.6) is 0 Å². The SMILES string of the molecule is CCN(CC)C(=O)c1ccc(NC(=O)c2cc(Cl)nc3ccccc23)cc1. The minimum absolute atomic E-state index is 0.0233. The van der Waals surface area contributed by atoms with Crippen LogP contribution in [0, 0.1) is 0 Å². The summed E-state index contributed by atoms with van der Waals surface area (Å²) < 4.78 is 0. The summed E-state index contributed by atoms with van der Waals surface area (Å²) in [6.45, 7) is 5.20. The molecule has 138 valence electrons. The third-order valence-corrected chi connectivity index (χ3v) is 4.56. The van der Waals surface area contributed by atoms with Crippen LogP contribution in [-0.2, 0) is 0 Å². The maximum atomic E-state index is 12.7. The van der Waals surface area contributed by atoms with Crippen LogP contribution in [0.15, 0.2) is 54.6 Å². The smallest absolute Gasteiger partial charge is 0.256 e. The molecule has 3 aromatic rings. The van der Waals surface area contributed by atoms with Gasteiger partial charge in [-0.15, -0.1) is 0 Å². The van der Waals surface area contributed by atoms with Gasteiger partial charge in [0, 0.05) is 29.7 Å². The molecule has 1 N–H and O–H groups in total. The average Bonchev–Trinajstić information content (AvgIpc) is 2.68. The van der Waals surface area contributed by atoms with Crippen molar-refractivity contribution in [2.75, 3.05) is 18.4 Å². The summed E-state index contributed by atoms with van der Waals surface area (Å²) in [6, 6.07) is 15.8. The van der Waals surface area contributed by atoms with Crippen LogP contribution in [0.4, 0.5) is 5.69 Å². The Labute approximate surface area is 163 Å². The van der Waals surface area contributed by atoms with Crippen LogP contribution in [0.2, 0.25) is 5.15 Å². The van der Waals surface area contributed by atoms with Gasteiger partial charge in [0.2, 0.25) is 0 Å². The highest BCUT2D eigenvalue weighted by molar-refractivity contribution is 6.30. The second-order valence-electron chi connectivity index (χ2n) is 6.02. The third kappa shape index (κ3) is 4.09. The van der Waals surface area contributed by atoms with Gasteiger partial charge in [-0.25, -0.2) is 4.98 Å². The van der Waals surface area contributed by atoms with Crippen LogP contribution in [0.3, 0.4) is 0 Å². The van der Waals surface area contributed by atoms with E-state index < -0.39 is 0 Å². The molecule has 0 aliphatic carbocycles. The van der Waals surface area contributed by atoms with Gasteiger partial charge in [-0.3, -0.25) is 9.59 Å². The largest absolute Gasteiger partial charge is 0.339 e. The number of para-hydroxylation sites is 1. The van der Waals surface area contributed by atoms with Crippen LogP contribution in [-0.4, -0.2) is 34.8 Å². The van der Waals surface area contributed by atoms with Crippen molar-refractivity contribution in [1.29, 1.82) is 0 Å². The highest BCUT2D eigenvalue weighted by atomic mass is 35.5. The summed E-state index contributed by atoms with van der Waals surface area (Å²) in [5.41, 5.74) is 2.31. The number of anilines is 1. The van der Waals surface area contributed by atoms with Gasteiger partial charge in [-0.05, 0) is 50.2 Å². The highest BCUT2D eigenvalue weighted by Crippen LogP contribution is 2.22. The number of carbonyl (C=O) groups is 2. The van der Waals surface area contributed by atoms with E-state index in [-0.39, 0.29) is 17.0 Å². The monoisotopic (exact) mass is 381 g/mol. The van der Waals surface area contributed by atoms with Gasteiger partial charge in [-0.1, -0.05) is 29.8 Å². The lowest BCUT2D eigenvalue weighted by Gasteiger charge is -2.18. The van der Waals surface area contributed by atoms with Gasteiger partial charge in [0.15, 0.2) is 0 Å². The van der Waals surface area contributed by atoms with Crippen molar-refractivity contribution in [1.82, 2.24) is 9.88 Å². The van der Waals surface area contributed by atoms with E-state index in [1.807, 2.05) is 38.1 Å². The predicted molar refractivity (Wildman–Crippen MR) is 108 cm³/mol. The van der Waals surface area contributed by atoms with Crippen molar-refractivity contribution >= 4 is 40.0 Å². The molecule has 1 heterocycles. The van der Waals surface area contributed by atoms with Gasteiger partial charge in [0.1, 0.15) is 5.15 Å². The minimum Gasteiger partial charge on any atom is -0.339 e. The number of benzene rings is 2. The van der Waals surface area contributed by atoms with Crippen molar-refractivity contribution in [2.45, 2.75) is 13.8 Å². The maximum Gasteiger partial charge on any atom is 0.256 e. The van der Waals surface area contributed by atoms with Gasteiger partial charge in [0.05, 0.1) is 11.1 Å². The van der Waals surface area contributed by atoms with Gasteiger partial charge in [-0.2, -0.15) is 0 Å². The molecule has 0 saturated heterocycles. The summed E-state index contributed by atoms with van der Waals surface area (Å²) in [4.78, 5) is 31.1. The van der Waals surface area contributed by atoms with Crippen LogP contribution < -0.4 is 5.32 Å². The number of aromatic nitrogens is 1. The number of nitrogens with one attached hydrogen (secondary N) is 1. The Balaban J connectivity index is 1.82. The van der Waals surface area contributed by atoms with Crippen LogP contribution in [0.1, 0.15) is 34.6 Å². The molecule has 0 aliphatic heterocycles. The molecule has 2 aromatic carbocycles. The van der Waals surface area contributed by atoms with Crippen molar-refractivity contribution < 1.29 is 9.59 Å². The molecule has 0 fully saturated rings. The van der Waals surface area contributed by atoms with Gasteiger partial charge in [0.25, 0.3) is 11.8 Å². The van der Waals surface area contributed by atoms with Crippen molar-refractivity contribution in [3.05, 3.63) is 70.9 Å². The normalized spacial score (nSPS) is 10.6. The van der Waals surface area contributed by atoms with E-state index >= 15 is 0 Å². The lowest BCUT2D eigenvalue weighted by molar-refractivity contribution is 0.0773. The molecule has 1 aromatic heterocycles. The Morgan fingerprint density at radius 3 is 2.37 bits per heavy atom.